The lowest BCUT2D eigenvalue weighted by Crippen LogP contribution is -2.31. The number of H-pyrrole nitrogens is 1. The zero-order chi connectivity index (χ0) is 14.8. The van der Waals surface area contributed by atoms with Gasteiger partial charge in [-0.05, 0) is 38.6 Å². The number of nitrogens with one attached hydrogen (secondary N) is 3. The van der Waals surface area contributed by atoms with Crippen molar-refractivity contribution in [3.05, 3.63) is 11.4 Å². The van der Waals surface area contributed by atoms with Crippen molar-refractivity contribution in [2.45, 2.75) is 51.0 Å². The van der Waals surface area contributed by atoms with Crippen molar-refractivity contribution in [3.8, 4) is 0 Å². The monoisotopic (exact) mass is 300 g/mol. The molecule has 114 valence electrons. The molecule has 7 heteroatoms. The van der Waals surface area contributed by atoms with Crippen LogP contribution in [0.2, 0.25) is 0 Å². The van der Waals surface area contributed by atoms with E-state index in [4.69, 9.17) is 0 Å². The van der Waals surface area contributed by atoms with E-state index < -0.39 is 10.0 Å². The lowest BCUT2D eigenvalue weighted by atomic mass is 10.0. The highest BCUT2D eigenvalue weighted by Gasteiger charge is 2.42. The van der Waals surface area contributed by atoms with Gasteiger partial charge in [0, 0.05) is 13.1 Å². The highest BCUT2D eigenvalue weighted by Crippen LogP contribution is 2.49. The third kappa shape index (κ3) is 3.21. The number of aromatic nitrogens is 2. The van der Waals surface area contributed by atoms with Crippen molar-refractivity contribution in [3.63, 3.8) is 0 Å². The second-order valence-corrected chi connectivity index (χ2v) is 7.43. The minimum atomic E-state index is -3.50. The van der Waals surface area contributed by atoms with Gasteiger partial charge in [-0.1, -0.05) is 13.3 Å². The third-order valence-electron chi connectivity index (χ3n) is 3.95. The fourth-order valence-corrected chi connectivity index (χ4v) is 4.17. The lowest BCUT2D eigenvalue weighted by Gasteiger charge is -2.15. The Morgan fingerprint density at radius 3 is 2.65 bits per heavy atom. The van der Waals surface area contributed by atoms with Crippen molar-refractivity contribution in [2.24, 2.45) is 5.41 Å². The van der Waals surface area contributed by atoms with Crippen LogP contribution in [0.25, 0.3) is 0 Å². The zero-order valence-electron chi connectivity index (χ0n) is 12.4. The molecule has 0 spiro atoms. The van der Waals surface area contributed by atoms with E-state index in [1.54, 1.807) is 14.0 Å². The van der Waals surface area contributed by atoms with E-state index >= 15 is 0 Å². The lowest BCUT2D eigenvalue weighted by molar-refractivity contribution is 0.449. The molecule has 0 bridgehead atoms. The van der Waals surface area contributed by atoms with E-state index in [-0.39, 0.29) is 5.41 Å². The molecule has 0 unspecified atom stereocenters. The van der Waals surface area contributed by atoms with Gasteiger partial charge in [0.2, 0.25) is 10.0 Å². The largest absolute Gasteiger partial charge is 0.314 e. The van der Waals surface area contributed by atoms with Crippen LogP contribution in [0.15, 0.2) is 4.90 Å². The number of hydrogen-bond acceptors (Lipinski definition) is 4. The molecule has 0 aliphatic heterocycles. The second kappa shape index (κ2) is 5.83. The van der Waals surface area contributed by atoms with Crippen molar-refractivity contribution in [1.29, 1.82) is 0 Å². The molecule has 3 N–H and O–H groups in total. The highest BCUT2D eigenvalue weighted by atomic mass is 32.2. The average Bonchev–Trinajstić information content (AvgIpc) is 3.05. The van der Waals surface area contributed by atoms with Gasteiger partial charge < -0.3 is 5.32 Å². The molecule has 1 fully saturated rings. The molecule has 0 saturated heterocycles. The molecule has 0 amide bonds. The first-order valence-corrected chi connectivity index (χ1v) is 8.60. The molecule has 6 nitrogen and oxygen atoms in total. The number of sulfonamides is 1. The van der Waals surface area contributed by atoms with Crippen LogP contribution in [0, 0.1) is 12.3 Å². The van der Waals surface area contributed by atoms with Gasteiger partial charge in [0.05, 0.1) is 11.4 Å². The van der Waals surface area contributed by atoms with Crippen LogP contribution in [0.1, 0.15) is 44.0 Å². The maximum atomic E-state index is 12.5. The van der Waals surface area contributed by atoms with E-state index in [1.807, 2.05) is 0 Å². The topological polar surface area (TPSA) is 86.9 Å². The molecule has 20 heavy (non-hydrogen) atoms. The molecule has 0 aromatic carbocycles. The summed E-state index contributed by atoms with van der Waals surface area (Å²) in [6, 6.07) is 0. The molecule has 1 aromatic rings. The van der Waals surface area contributed by atoms with E-state index in [2.05, 4.69) is 27.2 Å². The van der Waals surface area contributed by atoms with Gasteiger partial charge in [-0.15, -0.1) is 0 Å². The Labute approximate surface area is 120 Å². The smallest absolute Gasteiger partial charge is 0.244 e. The summed E-state index contributed by atoms with van der Waals surface area (Å²) >= 11 is 0. The summed E-state index contributed by atoms with van der Waals surface area (Å²) in [5, 5.41) is 9.76. The Bertz CT molecular complexity index is 561. The quantitative estimate of drug-likeness (QED) is 0.675. The van der Waals surface area contributed by atoms with Crippen molar-refractivity contribution >= 4 is 10.0 Å². The second-order valence-electron chi connectivity index (χ2n) is 5.73. The molecule has 1 heterocycles. The fraction of sp³-hybridized carbons (Fsp3) is 0.769. The van der Waals surface area contributed by atoms with Crippen LogP contribution in [0.4, 0.5) is 0 Å². The first-order valence-electron chi connectivity index (χ1n) is 7.12. The summed E-state index contributed by atoms with van der Waals surface area (Å²) in [5.74, 6) is 0. The van der Waals surface area contributed by atoms with Gasteiger partial charge in [0.25, 0.3) is 0 Å². The molecule has 1 aliphatic carbocycles. The van der Waals surface area contributed by atoms with Crippen LogP contribution in [-0.4, -0.2) is 32.2 Å². The summed E-state index contributed by atoms with van der Waals surface area (Å²) < 4.78 is 27.8. The van der Waals surface area contributed by atoms with Crippen LogP contribution >= 0.6 is 0 Å². The van der Waals surface area contributed by atoms with Gasteiger partial charge in [0.1, 0.15) is 4.90 Å². The summed E-state index contributed by atoms with van der Waals surface area (Å²) in [6.45, 7) is 4.84. The predicted molar refractivity (Wildman–Crippen MR) is 77.9 cm³/mol. The molecule has 2 rings (SSSR count). The first-order chi connectivity index (χ1) is 9.44. The molecular formula is C13H24N4O2S. The van der Waals surface area contributed by atoms with E-state index in [9.17, 15) is 8.42 Å². The number of rotatable bonds is 8. The molecule has 0 radical (unpaired) electrons. The van der Waals surface area contributed by atoms with E-state index in [0.29, 0.717) is 29.4 Å². The molecule has 1 aliphatic rings. The Morgan fingerprint density at radius 1 is 1.40 bits per heavy atom. The van der Waals surface area contributed by atoms with Gasteiger partial charge in [-0.3, -0.25) is 5.10 Å². The van der Waals surface area contributed by atoms with E-state index in [0.717, 1.165) is 25.7 Å². The van der Waals surface area contributed by atoms with E-state index in [1.165, 1.54) is 0 Å². The first kappa shape index (κ1) is 15.5. The summed E-state index contributed by atoms with van der Waals surface area (Å²) in [6.07, 6.45) is 4.43. The number of aromatic amines is 1. The van der Waals surface area contributed by atoms with Gasteiger partial charge >= 0.3 is 0 Å². The van der Waals surface area contributed by atoms with Gasteiger partial charge in [0.15, 0.2) is 0 Å². The third-order valence-corrected chi connectivity index (χ3v) is 5.55. The Hall–Kier alpha value is -0.920. The minimum absolute atomic E-state index is 0.197. The summed E-state index contributed by atoms with van der Waals surface area (Å²) in [4.78, 5) is 0.291. The zero-order valence-corrected chi connectivity index (χ0v) is 13.2. The van der Waals surface area contributed by atoms with Crippen molar-refractivity contribution in [1.82, 2.24) is 20.2 Å². The van der Waals surface area contributed by atoms with Crippen LogP contribution < -0.4 is 10.0 Å². The fourth-order valence-electron chi connectivity index (χ4n) is 2.66. The number of nitrogens with zero attached hydrogens (tertiary/aromatic N) is 1. The number of hydrogen-bond donors (Lipinski definition) is 3. The Morgan fingerprint density at radius 2 is 2.10 bits per heavy atom. The maximum absolute atomic E-state index is 12.5. The SMILES string of the molecule is CCCC1(CNS(=O)(=O)c2c(CNC)n[nH]c2C)CC1. The molecule has 1 saturated carbocycles. The normalized spacial score (nSPS) is 17.4. The van der Waals surface area contributed by atoms with Gasteiger partial charge in [-0.25, -0.2) is 13.1 Å². The Balaban J connectivity index is 2.12. The summed E-state index contributed by atoms with van der Waals surface area (Å²) in [7, 11) is -1.72. The standard InChI is InChI=1S/C13H24N4O2S/c1-4-5-13(6-7-13)9-15-20(18,19)12-10(2)16-17-11(12)8-14-3/h14-15H,4-9H2,1-3H3,(H,16,17). The van der Waals surface area contributed by atoms with Crippen LogP contribution in [0.3, 0.4) is 0 Å². The van der Waals surface area contributed by atoms with Crippen molar-refractivity contribution < 1.29 is 8.42 Å². The molecular weight excluding hydrogens is 276 g/mol. The Kier molecular flexibility index (Phi) is 4.51. The highest BCUT2D eigenvalue weighted by molar-refractivity contribution is 7.89. The van der Waals surface area contributed by atoms with Gasteiger partial charge in [-0.2, -0.15) is 5.10 Å². The summed E-state index contributed by atoms with van der Waals surface area (Å²) in [5.41, 5.74) is 1.32. The van der Waals surface area contributed by atoms with Crippen molar-refractivity contribution in [2.75, 3.05) is 13.6 Å². The number of aryl methyl sites for hydroxylation is 1. The van der Waals surface area contributed by atoms with Crippen LogP contribution in [-0.2, 0) is 16.6 Å². The average molecular weight is 300 g/mol. The predicted octanol–water partition coefficient (Wildman–Crippen LogP) is 1.30. The van der Waals surface area contributed by atoms with Crippen LogP contribution in [0.5, 0.6) is 0 Å². The molecule has 0 atom stereocenters. The maximum Gasteiger partial charge on any atom is 0.244 e. The minimum Gasteiger partial charge on any atom is -0.314 e. The molecule has 1 aromatic heterocycles.